The number of nitrogens with one attached hydrogen (secondary N) is 1. The molecule has 0 radical (unpaired) electrons. The van der Waals surface area contributed by atoms with E-state index in [2.05, 4.69) is 9.97 Å². The van der Waals surface area contributed by atoms with Gasteiger partial charge in [0.15, 0.2) is 5.16 Å². The molecule has 0 unspecified atom stereocenters. The Morgan fingerprint density at radius 1 is 0.893 bits per heavy atom. The summed E-state index contributed by atoms with van der Waals surface area (Å²) in [6, 6.07) is 15.5. The summed E-state index contributed by atoms with van der Waals surface area (Å²) < 4.78 is 16.2. The molecule has 4 aromatic rings. The number of ether oxygens (including phenoxy) is 3. The Labute approximate surface area is 166 Å². The fourth-order valence-electron chi connectivity index (χ4n) is 2.96. The lowest BCUT2D eigenvalue weighted by Gasteiger charge is -2.08. The molecule has 28 heavy (non-hydrogen) atoms. The van der Waals surface area contributed by atoms with E-state index in [0.717, 1.165) is 43.8 Å². The number of rotatable bonds is 6. The number of hydrogen-bond acceptors (Lipinski definition) is 6. The number of benzene rings is 2. The Bertz CT molecular complexity index is 1090. The van der Waals surface area contributed by atoms with E-state index in [9.17, 15) is 0 Å². The van der Waals surface area contributed by atoms with Crippen LogP contribution in [0.4, 0.5) is 0 Å². The molecule has 2 heterocycles. The first-order valence-electron chi connectivity index (χ1n) is 8.61. The van der Waals surface area contributed by atoms with Crippen molar-refractivity contribution in [3.05, 3.63) is 54.7 Å². The maximum absolute atomic E-state index is 5.45. The normalized spacial score (nSPS) is 10.8. The van der Waals surface area contributed by atoms with Crippen molar-refractivity contribution in [2.75, 3.05) is 21.3 Å². The first kappa shape index (κ1) is 18.2. The van der Waals surface area contributed by atoms with E-state index in [1.807, 2.05) is 48.5 Å². The molecule has 1 N–H and O–H groups in total. The second kappa shape index (κ2) is 7.82. The number of methoxy groups -OCH3 is 3. The predicted molar refractivity (Wildman–Crippen MR) is 110 cm³/mol. The summed E-state index contributed by atoms with van der Waals surface area (Å²) in [5.41, 5.74) is 3.39. The van der Waals surface area contributed by atoms with Gasteiger partial charge >= 0.3 is 0 Å². The average Bonchev–Trinajstić information content (AvgIpc) is 3.17. The first-order chi connectivity index (χ1) is 13.7. The van der Waals surface area contributed by atoms with Gasteiger partial charge in [-0.3, -0.25) is 4.98 Å². The van der Waals surface area contributed by atoms with Crippen molar-refractivity contribution in [3.8, 4) is 28.5 Å². The fourth-order valence-corrected chi connectivity index (χ4v) is 3.89. The first-order valence-corrected chi connectivity index (χ1v) is 9.43. The SMILES string of the molecule is COc1ccnc(-c2ccccc2Sc2nc3c(OC)ccc(OC)c3[nH]2)c1. The zero-order valence-electron chi connectivity index (χ0n) is 15.7. The second-order valence-corrected chi connectivity index (χ2v) is 6.95. The molecular formula is C21H19N3O3S. The summed E-state index contributed by atoms with van der Waals surface area (Å²) in [5, 5.41) is 0.744. The number of fused-ring (bicyclic) bond motifs is 1. The number of imidazole rings is 1. The maximum atomic E-state index is 5.45. The van der Waals surface area contributed by atoms with Gasteiger partial charge in [-0.05, 0) is 24.3 Å². The highest BCUT2D eigenvalue weighted by atomic mass is 32.2. The van der Waals surface area contributed by atoms with Crippen molar-refractivity contribution in [3.63, 3.8) is 0 Å². The van der Waals surface area contributed by atoms with E-state index in [-0.39, 0.29) is 0 Å². The summed E-state index contributed by atoms with van der Waals surface area (Å²) in [6.07, 6.45) is 1.74. The van der Waals surface area contributed by atoms with Crippen LogP contribution in [0.2, 0.25) is 0 Å². The summed E-state index contributed by atoms with van der Waals surface area (Å²) >= 11 is 1.53. The van der Waals surface area contributed by atoms with Gasteiger partial charge in [0, 0.05) is 22.7 Å². The van der Waals surface area contributed by atoms with Crippen LogP contribution in [0.5, 0.6) is 17.2 Å². The van der Waals surface area contributed by atoms with Gasteiger partial charge in [0.25, 0.3) is 0 Å². The van der Waals surface area contributed by atoms with E-state index in [1.165, 1.54) is 11.8 Å². The van der Waals surface area contributed by atoms with E-state index in [1.54, 1.807) is 27.5 Å². The van der Waals surface area contributed by atoms with Crippen LogP contribution < -0.4 is 14.2 Å². The van der Waals surface area contributed by atoms with Gasteiger partial charge in [-0.25, -0.2) is 4.98 Å². The number of hydrogen-bond donors (Lipinski definition) is 1. The van der Waals surface area contributed by atoms with Crippen LogP contribution in [0.3, 0.4) is 0 Å². The van der Waals surface area contributed by atoms with Crippen LogP contribution in [0.15, 0.2) is 64.8 Å². The minimum absolute atomic E-state index is 0.696. The highest BCUT2D eigenvalue weighted by Gasteiger charge is 2.15. The molecule has 0 amide bonds. The minimum atomic E-state index is 0.696. The van der Waals surface area contributed by atoms with Crippen LogP contribution in [-0.4, -0.2) is 36.3 Å². The molecule has 2 aromatic heterocycles. The minimum Gasteiger partial charge on any atom is -0.497 e. The predicted octanol–water partition coefficient (Wildman–Crippen LogP) is 4.80. The van der Waals surface area contributed by atoms with Gasteiger partial charge in [0.1, 0.15) is 28.3 Å². The van der Waals surface area contributed by atoms with E-state index >= 15 is 0 Å². The Kier molecular flexibility index (Phi) is 5.08. The fraction of sp³-hybridized carbons (Fsp3) is 0.143. The number of H-pyrrole nitrogens is 1. The number of nitrogens with zero attached hydrogens (tertiary/aromatic N) is 2. The largest absolute Gasteiger partial charge is 0.497 e. The van der Waals surface area contributed by atoms with Gasteiger partial charge in [0.2, 0.25) is 0 Å². The van der Waals surface area contributed by atoms with Gasteiger partial charge in [-0.1, -0.05) is 30.0 Å². The highest BCUT2D eigenvalue weighted by Crippen LogP contribution is 2.38. The summed E-state index contributed by atoms with van der Waals surface area (Å²) in [6.45, 7) is 0. The van der Waals surface area contributed by atoms with Gasteiger partial charge < -0.3 is 19.2 Å². The molecule has 0 aliphatic rings. The van der Waals surface area contributed by atoms with Crippen molar-refractivity contribution in [1.82, 2.24) is 15.0 Å². The van der Waals surface area contributed by atoms with E-state index < -0.39 is 0 Å². The van der Waals surface area contributed by atoms with E-state index in [0.29, 0.717) is 5.75 Å². The molecule has 0 bridgehead atoms. The molecule has 7 heteroatoms. The van der Waals surface area contributed by atoms with Gasteiger partial charge in [-0.15, -0.1) is 0 Å². The zero-order chi connectivity index (χ0) is 19.5. The monoisotopic (exact) mass is 393 g/mol. The molecule has 4 rings (SSSR count). The highest BCUT2D eigenvalue weighted by molar-refractivity contribution is 7.99. The van der Waals surface area contributed by atoms with Crippen molar-refractivity contribution >= 4 is 22.8 Å². The summed E-state index contributed by atoms with van der Waals surface area (Å²) in [5.74, 6) is 2.18. The topological polar surface area (TPSA) is 69.3 Å². The molecule has 0 atom stereocenters. The summed E-state index contributed by atoms with van der Waals surface area (Å²) in [7, 11) is 4.92. The van der Waals surface area contributed by atoms with Crippen molar-refractivity contribution < 1.29 is 14.2 Å². The second-order valence-electron chi connectivity index (χ2n) is 5.91. The lowest BCUT2D eigenvalue weighted by Crippen LogP contribution is -1.89. The van der Waals surface area contributed by atoms with Crippen molar-refractivity contribution in [2.24, 2.45) is 0 Å². The number of pyridine rings is 1. The van der Waals surface area contributed by atoms with Crippen molar-refractivity contribution in [2.45, 2.75) is 10.1 Å². The molecule has 0 saturated carbocycles. The van der Waals surface area contributed by atoms with Crippen LogP contribution >= 0.6 is 11.8 Å². The lowest BCUT2D eigenvalue weighted by molar-refractivity contribution is 0.409. The standard InChI is InChI=1S/C21H19N3O3S/c1-25-13-10-11-22-15(12-13)14-6-4-5-7-18(14)28-21-23-19-16(26-2)8-9-17(27-3)20(19)24-21/h4-12H,1-3H3,(H,23,24). The average molecular weight is 393 g/mol. The number of aromatic nitrogens is 3. The molecule has 0 fully saturated rings. The van der Waals surface area contributed by atoms with Crippen molar-refractivity contribution in [1.29, 1.82) is 0 Å². The Morgan fingerprint density at radius 2 is 1.68 bits per heavy atom. The molecule has 6 nitrogen and oxygen atoms in total. The van der Waals surface area contributed by atoms with Gasteiger partial charge in [0.05, 0.1) is 27.0 Å². The number of aromatic amines is 1. The maximum Gasteiger partial charge on any atom is 0.171 e. The molecule has 0 aliphatic heterocycles. The molecule has 142 valence electrons. The smallest absolute Gasteiger partial charge is 0.171 e. The zero-order valence-corrected chi connectivity index (χ0v) is 16.5. The molecule has 0 saturated heterocycles. The quantitative estimate of drug-likeness (QED) is 0.507. The van der Waals surface area contributed by atoms with Crippen LogP contribution in [0, 0.1) is 0 Å². The molecule has 0 spiro atoms. The van der Waals surface area contributed by atoms with Crippen LogP contribution in [0.25, 0.3) is 22.3 Å². The van der Waals surface area contributed by atoms with Gasteiger partial charge in [-0.2, -0.15) is 0 Å². The summed E-state index contributed by atoms with van der Waals surface area (Å²) in [4.78, 5) is 13.6. The van der Waals surface area contributed by atoms with E-state index in [4.69, 9.17) is 19.2 Å². The third kappa shape index (κ3) is 3.36. The third-order valence-electron chi connectivity index (χ3n) is 4.32. The lowest BCUT2D eigenvalue weighted by atomic mass is 10.1. The molecule has 2 aromatic carbocycles. The van der Waals surface area contributed by atoms with Crippen LogP contribution in [-0.2, 0) is 0 Å². The molecule has 0 aliphatic carbocycles. The molecular weight excluding hydrogens is 374 g/mol. The Morgan fingerprint density at radius 3 is 2.46 bits per heavy atom. The third-order valence-corrected chi connectivity index (χ3v) is 5.29. The Hall–Kier alpha value is -3.19. The van der Waals surface area contributed by atoms with Crippen LogP contribution in [0.1, 0.15) is 0 Å². The Balaban J connectivity index is 1.76.